The molecule has 0 atom stereocenters. The number of likely N-dealkylation sites (tertiary alicyclic amines) is 1. The molecule has 0 aromatic carbocycles. The second-order valence-corrected chi connectivity index (χ2v) is 5.75. The van der Waals surface area contributed by atoms with Gasteiger partial charge in [0.1, 0.15) is 6.04 Å². The molecule has 0 aromatic rings. The summed E-state index contributed by atoms with van der Waals surface area (Å²) >= 11 is 0. The van der Waals surface area contributed by atoms with Crippen molar-refractivity contribution in [1.29, 1.82) is 0 Å². The van der Waals surface area contributed by atoms with Crippen LogP contribution in [0.4, 0.5) is 0 Å². The lowest BCUT2D eigenvalue weighted by Crippen LogP contribution is -2.67. The molecule has 2 rings (SSSR count). The van der Waals surface area contributed by atoms with Crippen LogP contribution in [-0.4, -0.2) is 84.0 Å². The summed E-state index contributed by atoms with van der Waals surface area (Å²) in [6, 6.07) is 0.372. The molecule has 5 nitrogen and oxygen atoms in total. The number of nitrogens with zero attached hydrogens (tertiary/aromatic N) is 3. The van der Waals surface area contributed by atoms with Crippen LogP contribution in [0.5, 0.6) is 0 Å². The summed E-state index contributed by atoms with van der Waals surface area (Å²) in [7, 11) is 3.95. The van der Waals surface area contributed by atoms with Gasteiger partial charge in [0.15, 0.2) is 26.2 Å². The highest BCUT2D eigenvalue weighted by molar-refractivity contribution is 4.70. The van der Waals surface area contributed by atoms with Crippen LogP contribution >= 0.6 is 0 Å². The van der Waals surface area contributed by atoms with Crippen molar-refractivity contribution in [2.24, 2.45) is 0 Å². The van der Waals surface area contributed by atoms with Gasteiger partial charge in [-0.25, -0.2) is 10.4 Å². The average Bonchev–Trinajstić information content (AvgIpc) is 2.24. The Hall–Kier alpha value is -0.200. The van der Waals surface area contributed by atoms with E-state index < -0.39 is 0 Å². The second kappa shape index (κ2) is 4.23. The Morgan fingerprint density at radius 1 is 1.00 bits per heavy atom. The van der Waals surface area contributed by atoms with E-state index in [1.165, 1.54) is 0 Å². The smallest absolute Gasteiger partial charge is 0.161 e. The zero-order valence-electron chi connectivity index (χ0n) is 10.5. The summed E-state index contributed by atoms with van der Waals surface area (Å²) in [5.41, 5.74) is 0. The minimum atomic E-state index is 0.0627. The maximum atomic E-state index is 10.6. The molecule has 0 bridgehead atoms. The normalized spacial score (nSPS) is 43.5. The fourth-order valence-electron chi connectivity index (χ4n) is 2.84. The first-order chi connectivity index (χ1) is 7.41. The second-order valence-electron chi connectivity index (χ2n) is 5.75. The highest BCUT2D eigenvalue weighted by Crippen LogP contribution is 2.24. The van der Waals surface area contributed by atoms with E-state index >= 15 is 0 Å². The maximum Gasteiger partial charge on any atom is 0.161 e. The number of hydroxylamine groups is 6. The molecule has 5 heteroatoms. The first kappa shape index (κ1) is 12.3. The minimum absolute atomic E-state index is 0.0627. The Bertz CT molecular complexity index is 240. The van der Waals surface area contributed by atoms with Crippen LogP contribution in [0.2, 0.25) is 0 Å². The average molecular weight is 231 g/mol. The number of rotatable bonds is 1. The van der Waals surface area contributed by atoms with E-state index in [0.29, 0.717) is 32.2 Å². The van der Waals surface area contributed by atoms with Gasteiger partial charge >= 0.3 is 0 Å². The quantitative estimate of drug-likeness (QED) is 0.631. The van der Waals surface area contributed by atoms with E-state index in [4.69, 9.17) is 0 Å². The predicted molar refractivity (Wildman–Crippen MR) is 60.0 cm³/mol. The van der Waals surface area contributed by atoms with Gasteiger partial charge in [-0.3, -0.25) is 0 Å². The minimum Gasteiger partial charge on any atom is -0.306 e. The monoisotopic (exact) mass is 231 g/mol. The highest BCUT2D eigenvalue weighted by atomic mass is 16.6. The number of quaternary nitrogens is 2. The van der Waals surface area contributed by atoms with Crippen molar-refractivity contribution in [3.63, 3.8) is 0 Å². The summed E-state index contributed by atoms with van der Waals surface area (Å²) in [4.78, 5) is 2.32. The van der Waals surface area contributed by atoms with Gasteiger partial charge in [0.05, 0.1) is 7.05 Å². The van der Waals surface area contributed by atoms with Gasteiger partial charge in [-0.15, -0.1) is 0 Å². The standard InChI is InChI=1S/C11H25N3O2/c1-12-5-3-11(4-6-12)14(16)9-7-13(2,15)8-10-14/h11,15-16H,3-10H2,1-2H3/q+2. The molecule has 0 spiro atoms. The molecular weight excluding hydrogens is 206 g/mol. The fraction of sp³-hybridized carbons (Fsp3) is 1.00. The van der Waals surface area contributed by atoms with E-state index in [-0.39, 0.29) is 9.29 Å². The number of piperazine rings is 1. The molecule has 2 aliphatic rings. The van der Waals surface area contributed by atoms with Crippen molar-refractivity contribution in [1.82, 2.24) is 4.90 Å². The molecular formula is C11H25N3O2+2. The van der Waals surface area contributed by atoms with Crippen LogP contribution in [0.3, 0.4) is 0 Å². The lowest BCUT2D eigenvalue weighted by atomic mass is 10.0. The fourth-order valence-corrected chi connectivity index (χ4v) is 2.84. The van der Waals surface area contributed by atoms with Crippen LogP contribution in [0.1, 0.15) is 12.8 Å². The van der Waals surface area contributed by atoms with Crippen molar-refractivity contribution < 1.29 is 19.7 Å². The molecule has 2 fully saturated rings. The van der Waals surface area contributed by atoms with Crippen LogP contribution < -0.4 is 0 Å². The third kappa shape index (κ3) is 2.55. The number of piperidine rings is 1. The number of hydrogen-bond acceptors (Lipinski definition) is 3. The van der Waals surface area contributed by atoms with Gasteiger partial charge in [0, 0.05) is 25.9 Å². The first-order valence-corrected chi connectivity index (χ1v) is 6.27. The molecule has 0 aromatic heterocycles. The molecule has 2 aliphatic heterocycles. The van der Waals surface area contributed by atoms with Gasteiger partial charge in [-0.1, -0.05) is 0 Å². The summed E-state index contributed by atoms with van der Waals surface area (Å²) in [6.45, 7) is 4.83. The van der Waals surface area contributed by atoms with Crippen molar-refractivity contribution in [3.05, 3.63) is 0 Å². The predicted octanol–water partition coefficient (Wildman–Crippen LogP) is 0.136. The largest absolute Gasteiger partial charge is 0.306 e. The van der Waals surface area contributed by atoms with Crippen molar-refractivity contribution in [2.75, 3.05) is 53.4 Å². The Morgan fingerprint density at radius 2 is 1.50 bits per heavy atom. The zero-order chi connectivity index (χ0) is 11.8. The molecule has 0 amide bonds. The Balaban J connectivity index is 1.93. The molecule has 16 heavy (non-hydrogen) atoms. The SMILES string of the molecule is CN1CCC([N+]2(O)CC[N+](C)(O)CC2)CC1. The lowest BCUT2D eigenvalue weighted by Gasteiger charge is -2.45. The zero-order valence-corrected chi connectivity index (χ0v) is 10.5. The lowest BCUT2D eigenvalue weighted by molar-refractivity contribution is -1.19. The Kier molecular flexibility index (Phi) is 3.25. The molecule has 0 radical (unpaired) electrons. The molecule has 0 unspecified atom stereocenters. The van der Waals surface area contributed by atoms with Crippen molar-refractivity contribution in [2.45, 2.75) is 18.9 Å². The third-order valence-electron chi connectivity index (χ3n) is 4.31. The Morgan fingerprint density at radius 3 is 2.00 bits per heavy atom. The van der Waals surface area contributed by atoms with Crippen LogP contribution in [0, 0.1) is 0 Å². The van der Waals surface area contributed by atoms with E-state index in [9.17, 15) is 10.4 Å². The summed E-state index contributed by atoms with van der Waals surface area (Å²) in [6.07, 6.45) is 2.14. The molecule has 0 saturated carbocycles. The molecule has 2 N–H and O–H groups in total. The van der Waals surface area contributed by atoms with Gasteiger partial charge in [-0.2, -0.15) is 9.29 Å². The van der Waals surface area contributed by atoms with Crippen LogP contribution in [0.15, 0.2) is 0 Å². The van der Waals surface area contributed by atoms with Gasteiger partial charge in [0.25, 0.3) is 0 Å². The van der Waals surface area contributed by atoms with Crippen molar-refractivity contribution >= 4 is 0 Å². The molecule has 2 heterocycles. The summed E-state index contributed by atoms with van der Waals surface area (Å²) < 4.78 is 0.245. The maximum absolute atomic E-state index is 10.6. The van der Waals surface area contributed by atoms with Gasteiger partial charge < -0.3 is 4.90 Å². The van der Waals surface area contributed by atoms with Gasteiger partial charge in [0.2, 0.25) is 0 Å². The van der Waals surface area contributed by atoms with Gasteiger partial charge in [-0.05, 0) is 7.05 Å². The molecule has 94 valence electrons. The van der Waals surface area contributed by atoms with Crippen LogP contribution in [-0.2, 0) is 0 Å². The Labute approximate surface area is 97.6 Å². The first-order valence-electron chi connectivity index (χ1n) is 6.27. The highest BCUT2D eigenvalue weighted by Gasteiger charge is 2.45. The topological polar surface area (TPSA) is 43.7 Å². The van der Waals surface area contributed by atoms with Crippen LogP contribution in [0.25, 0.3) is 0 Å². The molecule has 0 aliphatic carbocycles. The van der Waals surface area contributed by atoms with E-state index in [1.54, 1.807) is 0 Å². The van der Waals surface area contributed by atoms with E-state index in [2.05, 4.69) is 11.9 Å². The third-order valence-corrected chi connectivity index (χ3v) is 4.31. The van der Waals surface area contributed by atoms with Crippen molar-refractivity contribution in [3.8, 4) is 0 Å². The summed E-state index contributed by atoms with van der Waals surface area (Å²) in [5, 5.41) is 20.5. The van der Waals surface area contributed by atoms with E-state index in [1.807, 2.05) is 7.05 Å². The summed E-state index contributed by atoms with van der Waals surface area (Å²) in [5.74, 6) is 0. The number of likely N-dealkylation sites (N-methyl/N-ethyl adjacent to an activating group) is 1. The number of hydrogen-bond donors (Lipinski definition) is 2. The molecule has 2 saturated heterocycles. The van der Waals surface area contributed by atoms with E-state index in [0.717, 1.165) is 25.9 Å².